The van der Waals surface area contributed by atoms with Crippen LogP contribution in [0.1, 0.15) is 27.0 Å². The first-order valence-electron chi connectivity index (χ1n) is 13.3. The molecular formula is C33H27F3N2O5S. The fraction of sp³-hybridized carbons (Fsp3) is 0.121. The van der Waals surface area contributed by atoms with Crippen LogP contribution in [-0.2, 0) is 21.5 Å². The first-order chi connectivity index (χ1) is 21.1. The average molecular weight is 621 g/mol. The molecule has 1 atom stereocenters. The summed E-state index contributed by atoms with van der Waals surface area (Å²) in [5.74, 6) is -1.32. The smallest absolute Gasteiger partial charge is 0.416 e. The third-order valence-electron chi connectivity index (χ3n) is 6.14. The number of rotatable bonds is 12. The number of hydrogen-bond donors (Lipinski definition) is 3. The van der Waals surface area contributed by atoms with Crippen LogP contribution in [0.4, 0.5) is 13.2 Å². The molecule has 0 aliphatic heterocycles. The van der Waals surface area contributed by atoms with E-state index < -0.39 is 35.6 Å². The third kappa shape index (κ3) is 9.50. The van der Waals surface area contributed by atoms with Crippen LogP contribution in [0, 0.1) is 0 Å². The summed E-state index contributed by atoms with van der Waals surface area (Å²) < 4.78 is 44.7. The van der Waals surface area contributed by atoms with Crippen LogP contribution < -0.4 is 15.4 Å². The predicted octanol–water partition coefficient (Wildman–Crippen LogP) is 6.77. The number of carbonyl (C=O) groups excluding carboxylic acids is 2. The minimum absolute atomic E-state index is 0.0433. The minimum atomic E-state index is -4.58. The molecule has 0 heterocycles. The number of ether oxygens (including phenoxy) is 1. The van der Waals surface area contributed by atoms with E-state index in [1.54, 1.807) is 36.4 Å². The van der Waals surface area contributed by atoms with Crippen molar-refractivity contribution < 1.29 is 37.4 Å². The van der Waals surface area contributed by atoms with Crippen molar-refractivity contribution in [2.75, 3.05) is 5.75 Å². The maximum Gasteiger partial charge on any atom is 0.416 e. The van der Waals surface area contributed by atoms with Gasteiger partial charge in [-0.05, 0) is 65.7 Å². The Morgan fingerprint density at radius 3 is 2.00 bits per heavy atom. The fourth-order valence-corrected chi connectivity index (χ4v) is 4.87. The van der Waals surface area contributed by atoms with Crippen molar-refractivity contribution in [3.05, 3.63) is 137 Å². The zero-order valence-corrected chi connectivity index (χ0v) is 23.9. The highest BCUT2D eigenvalue weighted by molar-refractivity contribution is 7.98. The molecule has 0 aliphatic carbocycles. The van der Waals surface area contributed by atoms with Crippen molar-refractivity contribution in [3.63, 3.8) is 0 Å². The minimum Gasteiger partial charge on any atom is -0.480 e. The highest BCUT2D eigenvalue weighted by Gasteiger charge is 2.30. The van der Waals surface area contributed by atoms with Crippen LogP contribution in [-0.4, -0.2) is 34.7 Å². The molecule has 0 aromatic heterocycles. The predicted molar refractivity (Wildman–Crippen MR) is 162 cm³/mol. The van der Waals surface area contributed by atoms with Crippen molar-refractivity contribution in [2.45, 2.75) is 18.0 Å². The number of carboxylic acid groups (broad SMARTS) is 1. The van der Waals surface area contributed by atoms with Crippen molar-refractivity contribution >= 4 is 35.6 Å². The van der Waals surface area contributed by atoms with Gasteiger partial charge in [-0.3, -0.25) is 9.59 Å². The summed E-state index contributed by atoms with van der Waals surface area (Å²) in [5, 5.41) is 14.6. The molecule has 2 amide bonds. The molecule has 0 spiro atoms. The van der Waals surface area contributed by atoms with E-state index in [0.29, 0.717) is 22.8 Å². The average Bonchev–Trinajstić information content (AvgIpc) is 3.01. The Bertz CT molecular complexity index is 1600. The van der Waals surface area contributed by atoms with Gasteiger partial charge in [0.05, 0.1) is 5.56 Å². The molecule has 11 heteroatoms. The van der Waals surface area contributed by atoms with E-state index in [1.165, 1.54) is 17.8 Å². The van der Waals surface area contributed by atoms with Gasteiger partial charge in [0.2, 0.25) is 0 Å². The standard InChI is InChI=1S/C33H27F3N2O5S/c34-33(35,36)25-15-13-24(14-16-25)30(39)37-28(19-22-11-17-27(18-12-22)43-26-9-5-2-6-10-26)31(40)38-29(32(41)42)21-44-20-23-7-3-1-4-8-23/h1-19,29H,20-21H2,(H,37,39)(H,38,40)(H,41,42)/b28-19+/t29-/m0/s1. The number of alkyl halides is 3. The van der Waals surface area contributed by atoms with Gasteiger partial charge in [-0.1, -0.05) is 60.7 Å². The lowest BCUT2D eigenvalue weighted by atomic mass is 10.1. The molecule has 44 heavy (non-hydrogen) atoms. The quantitative estimate of drug-likeness (QED) is 0.151. The molecule has 0 unspecified atom stereocenters. The van der Waals surface area contributed by atoms with E-state index in [-0.39, 0.29) is 17.0 Å². The number of thioether (sulfide) groups is 1. The van der Waals surface area contributed by atoms with Crippen LogP contribution >= 0.6 is 11.8 Å². The normalized spacial score (nSPS) is 12.2. The van der Waals surface area contributed by atoms with E-state index in [2.05, 4.69) is 10.6 Å². The number of amides is 2. The molecule has 0 bridgehead atoms. The number of carboxylic acids is 1. The van der Waals surface area contributed by atoms with Gasteiger partial charge in [0, 0.05) is 17.1 Å². The molecule has 0 aliphatic rings. The second-order valence-corrected chi connectivity index (χ2v) is 10.5. The van der Waals surface area contributed by atoms with E-state index in [0.717, 1.165) is 29.8 Å². The molecule has 226 valence electrons. The fourth-order valence-electron chi connectivity index (χ4n) is 3.87. The highest BCUT2D eigenvalue weighted by Crippen LogP contribution is 2.29. The first-order valence-corrected chi connectivity index (χ1v) is 14.4. The van der Waals surface area contributed by atoms with E-state index in [1.807, 2.05) is 48.5 Å². The number of nitrogens with one attached hydrogen (secondary N) is 2. The van der Waals surface area contributed by atoms with Crippen molar-refractivity contribution in [3.8, 4) is 11.5 Å². The van der Waals surface area contributed by atoms with E-state index in [9.17, 15) is 32.7 Å². The second kappa shape index (κ2) is 14.9. The lowest BCUT2D eigenvalue weighted by molar-refractivity contribution is -0.140. The summed E-state index contributed by atoms with van der Waals surface area (Å²) in [7, 11) is 0. The molecule has 0 fully saturated rings. The maximum atomic E-state index is 13.3. The van der Waals surface area contributed by atoms with Crippen LogP contribution in [0.5, 0.6) is 11.5 Å². The van der Waals surface area contributed by atoms with Gasteiger partial charge >= 0.3 is 12.1 Å². The maximum absolute atomic E-state index is 13.3. The van der Waals surface area contributed by atoms with Crippen molar-refractivity contribution in [2.24, 2.45) is 0 Å². The Morgan fingerprint density at radius 2 is 1.41 bits per heavy atom. The number of aliphatic carboxylic acids is 1. The SMILES string of the molecule is O=C(N[C@@H](CSCc1ccccc1)C(=O)O)/C(=C\c1ccc(Oc2ccccc2)cc1)NC(=O)c1ccc(C(F)(F)F)cc1. The van der Waals surface area contributed by atoms with Gasteiger partial charge in [0.25, 0.3) is 11.8 Å². The molecule has 7 nitrogen and oxygen atoms in total. The zero-order chi connectivity index (χ0) is 31.5. The van der Waals surface area contributed by atoms with Gasteiger partial charge in [0.15, 0.2) is 0 Å². The summed E-state index contributed by atoms with van der Waals surface area (Å²) in [6, 6.07) is 27.2. The Labute approximate surface area is 255 Å². The number of para-hydroxylation sites is 1. The third-order valence-corrected chi connectivity index (χ3v) is 7.24. The van der Waals surface area contributed by atoms with Crippen LogP contribution in [0.2, 0.25) is 0 Å². The monoisotopic (exact) mass is 620 g/mol. The topological polar surface area (TPSA) is 105 Å². The van der Waals surface area contributed by atoms with Gasteiger partial charge in [0.1, 0.15) is 23.2 Å². The Kier molecular flexibility index (Phi) is 10.8. The molecule has 4 aromatic carbocycles. The van der Waals surface area contributed by atoms with Crippen LogP contribution in [0.3, 0.4) is 0 Å². The largest absolute Gasteiger partial charge is 0.480 e. The lowest BCUT2D eigenvalue weighted by Gasteiger charge is -2.17. The van der Waals surface area contributed by atoms with E-state index in [4.69, 9.17) is 4.74 Å². The Morgan fingerprint density at radius 1 is 0.818 bits per heavy atom. The van der Waals surface area contributed by atoms with Gasteiger partial charge in [-0.25, -0.2) is 4.79 Å². The Balaban J connectivity index is 1.53. The lowest BCUT2D eigenvalue weighted by Crippen LogP contribution is -2.45. The summed E-state index contributed by atoms with van der Waals surface area (Å²) in [6.45, 7) is 0. The molecule has 3 N–H and O–H groups in total. The molecule has 0 saturated carbocycles. The van der Waals surface area contributed by atoms with E-state index >= 15 is 0 Å². The van der Waals surface area contributed by atoms with Gasteiger partial charge in [-0.2, -0.15) is 24.9 Å². The Hall–Kier alpha value is -5.03. The van der Waals surface area contributed by atoms with Crippen LogP contribution in [0.25, 0.3) is 6.08 Å². The first kappa shape index (κ1) is 31.9. The summed E-state index contributed by atoms with van der Waals surface area (Å²) in [5.41, 5.74) is 0.0887. The van der Waals surface area contributed by atoms with Gasteiger partial charge < -0.3 is 20.5 Å². The summed E-state index contributed by atoms with van der Waals surface area (Å²) in [4.78, 5) is 38.2. The number of carbonyl (C=O) groups is 3. The molecular weight excluding hydrogens is 593 g/mol. The summed E-state index contributed by atoms with van der Waals surface area (Å²) >= 11 is 1.31. The van der Waals surface area contributed by atoms with Crippen LogP contribution in [0.15, 0.2) is 115 Å². The van der Waals surface area contributed by atoms with Gasteiger partial charge in [-0.15, -0.1) is 0 Å². The van der Waals surface area contributed by atoms with Crippen molar-refractivity contribution in [1.29, 1.82) is 0 Å². The second-order valence-electron chi connectivity index (χ2n) is 9.44. The zero-order valence-electron chi connectivity index (χ0n) is 23.1. The molecule has 0 radical (unpaired) electrons. The van der Waals surface area contributed by atoms with Crippen molar-refractivity contribution in [1.82, 2.24) is 10.6 Å². The highest BCUT2D eigenvalue weighted by atomic mass is 32.2. The number of hydrogen-bond acceptors (Lipinski definition) is 5. The number of halogens is 3. The number of benzene rings is 4. The molecule has 4 rings (SSSR count). The summed E-state index contributed by atoms with van der Waals surface area (Å²) in [6.07, 6.45) is -3.25. The molecule has 4 aromatic rings. The molecule has 0 saturated heterocycles.